The first-order valence-electron chi connectivity index (χ1n) is 9.38. The number of carbonyl (C=O) groups is 1. The molecule has 0 unspecified atom stereocenters. The average Bonchev–Trinajstić information content (AvgIpc) is 3.24. The van der Waals surface area contributed by atoms with Gasteiger partial charge in [-0.3, -0.25) is 9.89 Å². The molecule has 0 spiro atoms. The molecule has 30 heavy (non-hydrogen) atoms. The number of hydrogen-bond acceptors (Lipinski definition) is 6. The van der Waals surface area contributed by atoms with Crippen molar-refractivity contribution in [3.05, 3.63) is 59.8 Å². The quantitative estimate of drug-likeness (QED) is 0.438. The van der Waals surface area contributed by atoms with Crippen LogP contribution in [0.3, 0.4) is 0 Å². The third-order valence-electron chi connectivity index (χ3n) is 4.12. The first-order chi connectivity index (χ1) is 14.5. The maximum absolute atomic E-state index is 12.3. The summed E-state index contributed by atoms with van der Waals surface area (Å²) in [4.78, 5) is 12.3. The zero-order valence-corrected chi connectivity index (χ0v) is 17.3. The van der Waals surface area contributed by atoms with E-state index in [1.807, 2.05) is 56.3 Å². The molecule has 3 aromatic rings. The summed E-state index contributed by atoms with van der Waals surface area (Å²) in [5.74, 6) is 1.55. The number of H-pyrrole nitrogens is 1. The molecule has 156 valence electrons. The minimum absolute atomic E-state index is 0.0305. The van der Waals surface area contributed by atoms with Crippen molar-refractivity contribution in [2.45, 2.75) is 20.0 Å². The normalized spacial score (nSPS) is 11.0. The van der Waals surface area contributed by atoms with Gasteiger partial charge in [0.05, 0.1) is 32.2 Å². The molecule has 0 bridgehead atoms. The molecule has 2 N–H and O–H groups in total. The zero-order valence-electron chi connectivity index (χ0n) is 17.3. The summed E-state index contributed by atoms with van der Waals surface area (Å²) in [6.45, 7) is 3.89. The van der Waals surface area contributed by atoms with E-state index in [4.69, 9.17) is 14.2 Å². The fraction of sp³-hybridized carbons (Fsp3) is 0.227. The van der Waals surface area contributed by atoms with Crippen LogP contribution in [0.2, 0.25) is 0 Å². The topological polar surface area (TPSA) is 97.8 Å². The van der Waals surface area contributed by atoms with Crippen LogP contribution in [0.5, 0.6) is 17.2 Å². The van der Waals surface area contributed by atoms with Crippen LogP contribution < -0.4 is 19.6 Å². The van der Waals surface area contributed by atoms with Crippen LogP contribution in [0.25, 0.3) is 11.3 Å². The third kappa shape index (κ3) is 5.16. The summed E-state index contributed by atoms with van der Waals surface area (Å²) in [6, 6.07) is 14.5. The zero-order chi connectivity index (χ0) is 21.5. The SMILES string of the molecule is COc1cccc(C=NNC(=O)c2cc(-c3ccc(OC(C)C)c(OC)c3)n[nH]2)c1. The van der Waals surface area contributed by atoms with Crippen LogP contribution in [0, 0.1) is 0 Å². The van der Waals surface area contributed by atoms with Crippen LogP contribution in [-0.4, -0.2) is 42.6 Å². The molecule has 0 aliphatic rings. The summed E-state index contributed by atoms with van der Waals surface area (Å²) < 4.78 is 16.3. The number of ether oxygens (including phenoxy) is 3. The van der Waals surface area contributed by atoms with Crippen molar-refractivity contribution in [2.75, 3.05) is 14.2 Å². The Balaban J connectivity index is 1.69. The number of benzene rings is 2. The second-order valence-corrected chi connectivity index (χ2v) is 6.67. The summed E-state index contributed by atoms with van der Waals surface area (Å²) in [7, 11) is 3.17. The van der Waals surface area contributed by atoms with Crippen molar-refractivity contribution < 1.29 is 19.0 Å². The molecule has 0 aliphatic heterocycles. The van der Waals surface area contributed by atoms with Gasteiger partial charge in [0.15, 0.2) is 11.5 Å². The molecule has 8 heteroatoms. The molecule has 1 heterocycles. The number of rotatable bonds is 8. The van der Waals surface area contributed by atoms with Gasteiger partial charge < -0.3 is 14.2 Å². The minimum Gasteiger partial charge on any atom is -0.497 e. The number of hydrazone groups is 1. The highest BCUT2D eigenvalue weighted by atomic mass is 16.5. The summed E-state index contributed by atoms with van der Waals surface area (Å²) in [5.41, 5.74) is 4.96. The first kappa shape index (κ1) is 20.9. The van der Waals surface area contributed by atoms with Crippen LogP contribution in [0.15, 0.2) is 53.6 Å². The van der Waals surface area contributed by atoms with E-state index in [2.05, 4.69) is 20.7 Å². The van der Waals surface area contributed by atoms with E-state index in [1.165, 1.54) is 6.21 Å². The van der Waals surface area contributed by atoms with Crippen molar-refractivity contribution >= 4 is 12.1 Å². The lowest BCUT2D eigenvalue weighted by Crippen LogP contribution is -2.18. The maximum Gasteiger partial charge on any atom is 0.289 e. The lowest BCUT2D eigenvalue weighted by atomic mass is 10.1. The van der Waals surface area contributed by atoms with Crippen LogP contribution in [-0.2, 0) is 0 Å². The number of methoxy groups -OCH3 is 2. The number of nitrogens with one attached hydrogen (secondary N) is 2. The molecule has 0 saturated carbocycles. The molecule has 0 atom stereocenters. The fourth-order valence-electron chi connectivity index (χ4n) is 2.71. The Hall–Kier alpha value is -3.81. The van der Waals surface area contributed by atoms with E-state index in [0.717, 1.165) is 11.1 Å². The predicted molar refractivity (Wildman–Crippen MR) is 114 cm³/mol. The van der Waals surface area contributed by atoms with Gasteiger partial charge in [0.1, 0.15) is 11.4 Å². The van der Waals surface area contributed by atoms with E-state index in [1.54, 1.807) is 20.3 Å². The molecule has 1 amide bonds. The number of aromatic nitrogens is 2. The molecule has 0 saturated heterocycles. The summed E-state index contributed by atoms with van der Waals surface area (Å²) in [5, 5.41) is 10.9. The molecular weight excluding hydrogens is 384 g/mol. The van der Waals surface area contributed by atoms with Gasteiger partial charge in [-0.15, -0.1) is 0 Å². The Morgan fingerprint density at radius 3 is 2.67 bits per heavy atom. The Morgan fingerprint density at radius 2 is 1.93 bits per heavy atom. The van der Waals surface area contributed by atoms with Gasteiger partial charge in [-0.2, -0.15) is 10.2 Å². The van der Waals surface area contributed by atoms with Gasteiger partial charge in [0, 0.05) is 5.56 Å². The molecule has 0 aliphatic carbocycles. The molecule has 8 nitrogen and oxygen atoms in total. The Bertz CT molecular complexity index is 1040. The van der Waals surface area contributed by atoms with Gasteiger partial charge in [-0.1, -0.05) is 12.1 Å². The van der Waals surface area contributed by atoms with Gasteiger partial charge in [0.2, 0.25) is 0 Å². The van der Waals surface area contributed by atoms with E-state index in [-0.39, 0.29) is 11.8 Å². The summed E-state index contributed by atoms with van der Waals surface area (Å²) in [6.07, 6.45) is 1.57. The highest BCUT2D eigenvalue weighted by Crippen LogP contribution is 2.32. The number of hydrogen-bond donors (Lipinski definition) is 2. The molecule has 1 aromatic heterocycles. The Morgan fingerprint density at radius 1 is 1.10 bits per heavy atom. The highest BCUT2D eigenvalue weighted by molar-refractivity contribution is 5.94. The number of carbonyl (C=O) groups excluding carboxylic acids is 1. The van der Waals surface area contributed by atoms with Gasteiger partial charge in [0.25, 0.3) is 5.91 Å². The van der Waals surface area contributed by atoms with Gasteiger partial charge in [-0.25, -0.2) is 5.43 Å². The first-order valence-corrected chi connectivity index (χ1v) is 9.38. The molecule has 0 fully saturated rings. The molecular formula is C22H24N4O4. The van der Waals surface area contributed by atoms with Crippen molar-refractivity contribution in [1.82, 2.24) is 15.6 Å². The van der Waals surface area contributed by atoms with Crippen LogP contribution >= 0.6 is 0 Å². The highest BCUT2D eigenvalue weighted by Gasteiger charge is 2.13. The van der Waals surface area contributed by atoms with Crippen molar-refractivity contribution in [1.29, 1.82) is 0 Å². The Labute approximate surface area is 174 Å². The molecule has 2 aromatic carbocycles. The van der Waals surface area contributed by atoms with E-state index < -0.39 is 5.91 Å². The van der Waals surface area contributed by atoms with Gasteiger partial charge in [-0.05, 0) is 55.8 Å². The smallest absolute Gasteiger partial charge is 0.289 e. The maximum atomic E-state index is 12.3. The second kappa shape index (κ2) is 9.60. The lowest BCUT2D eigenvalue weighted by Gasteiger charge is -2.14. The Kier molecular flexibility index (Phi) is 6.69. The monoisotopic (exact) mass is 408 g/mol. The van der Waals surface area contributed by atoms with E-state index in [9.17, 15) is 4.79 Å². The van der Waals surface area contributed by atoms with Crippen LogP contribution in [0.4, 0.5) is 0 Å². The van der Waals surface area contributed by atoms with Crippen LogP contribution in [0.1, 0.15) is 29.9 Å². The third-order valence-corrected chi connectivity index (χ3v) is 4.12. The standard InChI is InChI=1S/C22H24N4O4/c1-14(2)30-20-9-8-16(11-21(20)29-4)18-12-19(25-24-18)22(27)26-23-13-15-6-5-7-17(10-15)28-3/h5-14H,1-4H3,(H,24,25)(H,26,27). The number of amides is 1. The predicted octanol–water partition coefficient (Wildman–Crippen LogP) is 3.65. The van der Waals surface area contributed by atoms with E-state index >= 15 is 0 Å². The largest absolute Gasteiger partial charge is 0.497 e. The lowest BCUT2D eigenvalue weighted by molar-refractivity contribution is 0.0950. The van der Waals surface area contributed by atoms with Crippen molar-refractivity contribution in [3.8, 4) is 28.5 Å². The van der Waals surface area contributed by atoms with Crippen molar-refractivity contribution in [2.24, 2.45) is 5.10 Å². The van der Waals surface area contributed by atoms with Crippen molar-refractivity contribution in [3.63, 3.8) is 0 Å². The van der Waals surface area contributed by atoms with Gasteiger partial charge >= 0.3 is 0 Å². The fourth-order valence-corrected chi connectivity index (χ4v) is 2.71. The molecule has 0 radical (unpaired) electrons. The number of nitrogens with zero attached hydrogens (tertiary/aromatic N) is 2. The second-order valence-electron chi connectivity index (χ2n) is 6.67. The average molecular weight is 408 g/mol. The molecule has 3 rings (SSSR count). The summed E-state index contributed by atoms with van der Waals surface area (Å²) >= 11 is 0. The number of aromatic amines is 1. The minimum atomic E-state index is -0.403. The van der Waals surface area contributed by atoms with E-state index in [0.29, 0.717) is 22.9 Å².